The van der Waals surface area contributed by atoms with Gasteiger partial charge in [0.2, 0.25) is 0 Å². The monoisotopic (exact) mass is 1520 g/mol. The van der Waals surface area contributed by atoms with Gasteiger partial charge >= 0.3 is 0 Å². The zero-order valence-electron chi connectivity index (χ0n) is 57.6. The number of hydrogen-bond donors (Lipinski definition) is 4. The molecule has 0 aliphatic carbocycles. The molecule has 4 N–H and O–H groups in total. The van der Waals surface area contributed by atoms with Gasteiger partial charge in [-0.05, 0) is 145 Å². The number of imide groups is 2. The average molecular weight is 1520 g/mol. The van der Waals surface area contributed by atoms with Crippen LogP contribution in [-0.2, 0) is 40.5 Å². The van der Waals surface area contributed by atoms with Crippen molar-refractivity contribution in [3.8, 4) is 90.5 Å². The van der Waals surface area contributed by atoms with Crippen molar-refractivity contribution < 1.29 is 90.0 Å². The van der Waals surface area contributed by atoms with Crippen molar-refractivity contribution >= 4 is 107 Å². The van der Waals surface area contributed by atoms with Crippen molar-refractivity contribution in [1.82, 2.24) is 9.80 Å². The number of benzene rings is 13. The fourth-order valence-electron chi connectivity index (χ4n) is 14.7. The summed E-state index contributed by atoms with van der Waals surface area (Å²) in [5, 5.41) is 0.0612. The molecule has 2 aliphatic heterocycles. The first-order chi connectivity index (χ1) is 51.6. The number of rotatable bonds is 22. The van der Waals surface area contributed by atoms with E-state index in [4.69, 9.17) is 18.9 Å². The Labute approximate surface area is 619 Å². The molecule has 0 saturated heterocycles. The summed E-state index contributed by atoms with van der Waals surface area (Å²) in [6, 6.07) is 52.7. The zero-order chi connectivity index (χ0) is 76.2. The first-order valence-electron chi connectivity index (χ1n) is 34.1. The molecule has 0 unspecified atom stereocenters. The van der Waals surface area contributed by atoms with Gasteiger partial charge in [-0.25, -0.2) is 0 Å². The van der Waals surface area contributed by atoms with Crippen molar-refractivity contribution in [3.05, 3.63) is 241 Å². The molecular weight excluding hydrogens is 1460 g/mol. The summed E-state index contributed by atoms with van der Waals surface area (Å²) in [7, 11) is -19.8. The fraction of sp³-hybridized carbons (Fsp3) is 0.122. The molecule has 0 atom stereocenters. The van der Waals surface area contributed by atoms with Gasteiger partial charge < -0.3 is 18.9 Å². The van der Waals surface area contributed by atoms with Gasteiger partial charge in [0, 0.05) is 77.4 Å². The number of fused-ring (bicyclic) bond motifs is 2. The highest BCUT2D eigenvalue weighted by atomic mass is 32.2. The molecule has 13 aromatic rings. The van der Waals surface area contributed by atoms with Crippen LogP contribution in [0, 0.1) is 0 Å². The van der Waals surface area contributed by atoms with E-state index < -0.39 is 95.8 Å². The highest BCUT2D eigenvalue weighted by Gasteiger charge is 2.44. The van der Waals surface area contributed by atoms with Crippen LogP contribution in [0.4, 0.5) is 0 Å². The fourth-order valence-corrected chi connectivity index (χ4v) is 16.7. The summed E-state index contributed by atoms with van der Waals surface area (Å²) in [6.45, 7) is 7.27. The van der Waals surface area contributed by atoms with E-state index in [-0.39, 0.29) is 159 Å². The van der Waals surface area contributed by atoms with Crippen molar-refractivity contribution in [2.75, 3.05) is 0 Å². The molecule has 4 amide bonds. The minimum Gasteiger partial charge on any atom is -0.456 e. The van der Waals surface area contributed by atoms with Crippen LogP contribution >= 0.6 is 0 Å². The highest BCUT2D eigenvalue weighted by Crippen LogP contribution is 2.59. The number of ether oxygens (including phenoxy) is 4. The Hall–Kier alpha value is -11.7. The number of carbonyl (C=O) groups is 4. The normalized spacial score (nSPS) is 13.5. The lowest BCUT2D eigenvalue weighted by Gasteiger charge is -2.36. The summed E-state index contributed by atoms with van der Waals surface area (Å²) < 4.78 is 174. The first-order valence-corrected chi connectivity index (χ1v) is 39.9. The number of amides is 4. The summed E-state index contributed by atoms with van der Waals surface area (Å²) in [5.74, 6) is -3.79. The summed E-state index contributed by atoms with van der Waals surface area (Å²) in [4.78, 5) is 64.5. The van der Waals surface area contributed by atoms with Crippen molar-refractivity contribution in [3.63, 3.8) is 0 Å². The van der Waals surface area contributed by atoms with E-state index in [1.54, 1.807) is 24.3 Å². The van der Waals surface area contributed by atoms with E-state index in [0.29, 0.717) is 22.3 Å². The minimum atomic E-state index is -5.05. The average Bonchev–Trinajstić information content (AvgIpc) is 0.670. The molecule has 2 heterocycles. The molecule has 22 nitrogen and oxygen atoms in total. The molecule has 544 valence electrons. The van der Waals surface area contributed by atoms with Crippen LogP contribution in [0.2, 0.25) is 0 Å². The second-order valence-corrected chi connectivity index (χ2v) is 31.7. The maximum atomic E-state index is 16.2. The third-order valence-electron chi connectivity index (χ3n) is 19.8. The third-order valence-corrected chi connectivity index (χ3v) is 23.3. The minimum absolute atomic E-state index is 0.0146. The van der Waals surface area contributed by atoms with Gasteiger partial charge in [-0.2, -0.15) is 33.7 Å². The summed E-state index contributed by atoms with van der Waals surface area (Å²) >= 11 is 0. The van der Waals surface area contributed by atoms with Crippen LogP contribution in [0.1, 0.15) is 94.8 Å². The van der Waals surface area contributed by atoms with E-state index in [1.807, 2.05) is 113 Å². The maximum Gasteiger partial charge on any atom is 0.294 e. The topological polar surface area (TPSA) is 329 Å². The number of hydrogen-bond acceptors (Lipinski definition) is 16. The molecule has 0 radical (unpaired) electrons. The van der Waals surface area contributed by atoms with Gasteiger partial charge in [-0.15, -0.1) is 0 Å². The largest absolute Gasteiger partial charge is 0.456 e. The van der Waals surface area contributed by atoms with E-state index in [2.05, 4.69) is 0 Å². The molecule has 108 heavy (non-hydrogen) atoms. The van der Waals surface area contributed by atoms with Gasteiger partial charge in [-0.1, -0.05) is 149 Å². The van der Waals surface area contributed by atoms with Crippen molar-refractivity contribution in [2.45, 2.75) is 85.0 Å². The van der Waals surface area contributed by atoms with Crippen LogP contribution in [0.5, 0.6) is 46.0 Å². The predicted molar refractivity (Wildman–Crippen MR) is 404 cm³/mol. The van der Waals surface area contributed by atoms with E-state index in [1.165, 1.54) is 60.7 Å². The van der Waals surface area contributed by atoms with E-state index >= 15 is 19.2 Å². The molecule has 15 rings (SSSR count). The lowest BCUT2D eigenvalue weighted by molar-refractivity contribution is 0.0514. The van der Waals surface area contributed by atoms with E-state index in [0.717, 1.165) is 58.3 Å². The Morgan fingerprint density at radius 3 is 0.787 bits per heavy atom. The van der Waals surface area contributed by atoms with Gasteiger partial charge in [0.15, 0.2) is 0 Å². The van der Waals surface area contributed by atoms with Crippen LogP contribution < -0.4 is 18.9 Å². The summed E-state index contributed by atoms with van der Waals surface area (Å²) in [6.07, 6.45) is 1.15. The Bertz CT molecular complexity index is 6060. The van der Waals surface area contributed by atoms with Crippen molar-refractivity contribution in [2.24, 2.45) is 0 Å². The van der Waals surface area contributed by atoms with Crippen LogP contribution in [0.25, 0.3) is 87.6 Å². The lowest BCUT2D eigenvalue weighted by atomic mass is 9.80. The van der Waals surface area contributed by atoms with Gasteiger partial charge in [0.25, 0.3) is 64.1 Å². The zero-order valence-corrected chi connectivity index (χ0v) is 60.9. The first kappa shape index (κ1) is 71.9. The van der Waals surface area contributed by atoms with E-state index in [9.17, 15) is 51.9 Å². The molecule has 13 aromatic carbocycles. The Morgan fingerprint density at radius 1 is 0.259 bits per heavy atom. The van der Waals surface area contributed by atoms with Gasteiger partial charge in [-0.3, -0.25) is 47.2 Å². The SMILES string of the molecule is CCC(CC)N1C(=O)c2cc(Oc3ccccc3-c3ccccc3)c3c4c(Oc5ccccc5-c5ccccc5)cc5c6c(cc(Oc7ccc(S(=O)(=O)O)cc7-c7ccc(S(=O)(=O)O)cc7)c(c7c(Oc8ccc(S(=O)(=O)O)cc8-c8ccc(S(=O)(=O)O)cc8)cc(c2c37)C1=O)c64)C(=O)N(C(CC)CC)C5=O. The quantitative estimate of drug-likeness (QED) is 0.0212. The van der Waals surface area contributed by atoms with Crippen LogP contribution in [0.15, 0.2) is 238 Å². The Morgan fingerprint density at radius 2 is 0.509 bits per heavy atom. The molecule has 26 heteroatoms. The standard InChI is InChI=1S/C82H62N2O20S4/c1-5-49(6-2)83-79(85)59-41-67(101-63-25-17-15-23-55(63)45-19-11-9-12-20-45)73-74-68(102-64-26-18-16-24-56(64)46-21-13-10-14-22-46)42-60-72-62(82(88)84(80(60)86)50(7-3)8-4)44-70(104-66-38-36-54(108(98,99)100)40-58(66)48-29-33-52(34-30-48)106(92,93)94)76(78(72)74)75-69(43-61(81(83)87)71(59)77(73)75)103-65-37-35-53(107(95,96)97)39-57(65)47-27-31-51(32-28-47)105(89,90)91/h9-44,49-50H,5-8H2,1-4H3,(H,89,90,91)(H,92,93,94)(H,95,96,97)(H,98,99,100). The molecule has 0 bridgehead atoms. The smallest absolute Gasteiger partial charge is 0.294 e. The number of nitrogens with zero attached hydrogens (tertiary/aromatic N) is 2. The summed E-state index contributed by atoms with van der Waals surface area (Å²) in [5.41, 5.74) is 1.98. The maximum absolute atomic E-state index is 16.2. The Kier molecular flexibility index (Phi) is 18.1. The molecule has 0 spiro atoms. The molecule has 0 aromatic heterocycles. The predicted octanol–water partition coefficient (Wildman–Crippen LogP) is 18.1. The van der Waals surface area contributed by atoms with Crippen LogP contribution in [-0.4, -0.2) is 97.4 Å². The second-order valence-electron chi connectivity index (χ2n) is 26.0. The second kappa shape index (κ2) is 27.3. The molecule has 0 fully saturated rings. The highest BCUT2D eigenvalue weighted by molar-refractivity contribution is 7.86. The number of carbonyl (C=O) groups excluding carboxylic acids is 4. The van der Waals surface area contributed by atoms with Crippen molar-refractivity contribution in [1.29, 1.82) is 0 Å². The van der Waals surface area contributed by atoms with Gasteiger partial charge in [0.05, 0.1) is 41.8 Å². The Balaban J connectivity index is 1.19. The number of para-hydroxylation sites is 2. The van der Waals surface area contributed by atoms with Gasteiger partial charge in [0.1, 0.15) is 46.0 Å². The third kappa shape index (κ3) is 12.5. The van der Waals surface area contributed by atoms with Crippen LogP contribution in [0.3, 0.4) is 0 Å². The molecular formula is C82H62N2O20S4. The lowest BCUT2D eigenvalue weighted by Crippen LogP contribution is -2.46. The molecule has 2 aliphatic rings. The molecule has 0 saturated carbocycles.